The van der Waals surface area contributed by atoms with Gasteiger partial charge in [0.25, 0.3) is 15.7 Å². The topological polar surface area (TPSA) is 130 Å². The number of carbonyl (C=O) groups is 2. The Morgan fingerprint density at radius 3 is 2.21 bits per heavy atom. The zero-order valence-electron chi connectivity index (χ0n) is 21.5. The first-order valence-corrected chi connectivity index (χ1v) is 14.0. The Labute approximate surface area is 232 Å². The van der Waals surface area contributed by atoms with Crippen LogP contribution in [0.3, 0.4) is 0 Å². The number of nitro benzene ring substituents is 1. The molecule has 0 saturated carbocycles. The van der Waals surface area contributed by atoms with Gasteiger partial charge < -0.3 is 10.2 Å². The quantitative estimate of drug-likeness (QED) is 0.253. The van der Waals surface area contributed by atoms with Crippen LogP contribution in [0.2, 0.25) is 5.02 Å². The van der Waals surface area contributed by atoms with Crippen molar-refractivity contribution >= 4 is 44.8 Å². The van der Waals surface area contributed by atoms with Crippen molar-refractivity contribution in [3.8, 4) is 0 Å². The van der Waals surface area contributed by atoms with Crippen molar-refractivity contribution in [3.05, 3.63) is 99.6 Å². The van der Waals surface area contributed by atoms with Gasteiger partial charge in [0.1, 0.15) is 12.6 Å². The van der Waals surface area contributed by atoms with E-state index in [1.807, 2.05) is 6.92 Å². The second-order valence-electron chi connectivity index (χ2n) is 8.68. The minimum absolute atomic E-state index is 0.0430. The Morgan fingerprint density at radius 1 is 1.00 bits per heavy atom. The van der Waals surface area contributed by atoms with Gasteiger partial charge in [0.2, 0.25) is 11.8 Å². The number of sulfonamides is 1. The van der Waals surface area contributed by atoms with Crippen molar-refractivity contribution in [2.24, 2.45) is 0 Å². The molecule has 3 aromatic carbocycles. The maximum atomic E-state index is 13.8. The third-order valence-corrected chi connectivity index (χ3v) is 8.13. The predicted molar refractivity (Wildman–Crippen MR) is 149 cm³/mol. The molecule has 3 rings (SSSR count). The Balaban J connectivity index is 2.03. The SMILES string of the molecule is CCCNC(=O)[C@H](C)N(Cc1ccccc1Cl)C(=O)CN(c1ccc([N+](=O)[O-])cc1)S(=O)(=O)c1ccccc1. The van der Waals surface area contributed by atoms with Crippen molar-refractivity contribution < 1.29 is 22.9 Å². The van der Waals surface area contributed by atoms with Crippen molar-refractivity contribution in [2.75, 3.05) is 17.4 Å². The van der Waals surface area contributed by atoms with Crippen LogP contribution < -0.4 is 9.62 Å². The molecule has 0 aromatic heterocycles. The molecule has 39 heavy (non-hydrogen) atoms. The summed E-state index contributed by atoms with van der Waals surface area (Å²) in [6.45, 7) is 3.16. The molecule has 10 nitrogen and oxygen atoms in total. The van der Waals surface area contributed by atoms with Gasteiger partial charge in [-0.15, -0.1) is 0 Å². The van der Waals surface area contributed by atoms with Crippen LogP contribution in [0.15, 0.2) is 83.8 Å². The van der Waals surface area contributed by atoms with E-state index in [1.165, 1.54) is 29.2 Å². The van der Waals surface area contributed by atoms with E-state index in [9.17, 15) is 28.1 Å². The molecule has 206 valence electrons. The van der Waals surface area contributed by atoms with E-state index in [0.717, 1.165) is 16.4 Å². The molecular weight excluding hydrogens is 544 g/mol. The molecule has 0 aliphatic carbocycles. The fourth-order valence-electron chi connectivity index (χ4n) is 3.78. The van der Waals surface area contributed by atoms with E-state index in [2.05, 4.69) is 5.32 Å². The Bertz CT molecular complexity index is 1420. The van der Waals surface area contributed by atoms with E-state index < -0.39 is 39.3 Å². The smallest absolute Gasteiger partial charge is 0.269 e. The van der Waals surface area contributed by atoms with Crippen LogP contribution in [0, 0.1) is 10.1 Å². The highest BCUT2D eigenvalue weighted by atomic mass is 35.5. The van der Waals surface area contributed by atoms with Crippen molar-refractivity contribution in [1.82, 2.24) is 10.2 Å². The summed E-state index contributed by atoms with van der Waals surface area (Å²) in [4.78, 5) is 38.4. The van der Waals surface area contributed by atoms with Gasteiger partial charge in [-0.2, -0.15) is 0 Å². The van der Waals surface area contributed by atoms with Crippen LogP contribution in [-0.2, 0) is 26.2 Å². The number of nitro groups is 1. The van der Waals surface area contributed by atoms with Gasteiger partial charge in [-0.05, 0) is 49.2 Å². The number of non-ortho nitro benzene ring substituents is 1. The van der Waals surface area contributed by atoms with Gasteiger partial charge in [-0.1, -0.05) is 54.9 Å². The van der Waals surface area contributed by atoms with Crippen molar-refractivity contribution in [1.29, 1.82) is 0 Å². The van der Waals surface area contributed by atoms with Gasteiger partial charge in [-0.3, -0.25) is 24.0 Å². The van der Waals surface area contributed by atoms with E-state index in [4.69, 9.17) is 11.6 Å². The summed E-state index contributed by atoms with van der Waals surface area (Å²) in [5, 5.41) is 14.3. The van der Waals surface area contributed by atoms with E-state index in [1.54, 1.807) is 49.4 Å². The van der Waals surface area contributed by atoms with Gasteiger partial charge in [0.15, 0.2) is 0 Å². The normalized spacial score (nSPS) is 11.9. The lowest BCUT2D eigenvalue weighted by Gasteiger charge is -2.32. The number of carbonyl (C=O) groups excluding carboxylic acids is 2. The second kappa shape index (κ2) is 13.2. The van der Waals surface area contributed by atoms with Gasteiger partial charge >= 0.3 is 0 Å². The molecule has 0 saturated heterocycles. The summed E-state index contributed by atoms with van der Waals surface area (Å²) in [6, 6.07) is 18.3. The second-order valence-corrected chi connectivity index (χ2v) is 10.9. The molecule has 0 spiro atoms. The molecule has 1 atom stereocenters. The Morgan fingerprint density at radius 2 is 1.62 bits per heavy atom. The lowest BCUT2D eigenvalue weighted by atomic mass is 10.1. The van der Waals surface area contributed by atoms with Crippen LogP contribution in [0.1, 0.15) is 25.8 Å². The Kier molecular flexibility index (Phi) is 10.0. The molecule has 1 N–H and O–H groups in total. The van der Waals surface area contributed by atoms with Crippen LogP contribution >= 0.6 is 11.6 Å². The minimum atomic E-state index is -4.27. The number of nitrogens with zero attached hydrogens (tertiary/aromatic N) is 3. The first-order chi connectivity index (χ1) is 18.6. The first kappa shape index (κ1) is 29.6. The summed E-state index contributed by atoms with van der Waals surface area (Å²) < 4.78 is 28.3. The maximum Gasteiger partial charge on any atom is 0.269 e. The highest BCUT2D eigenvalue weighted by molar-refractivity contribution is 7.92. The number of nitrogens with one attached hydrogen (secondary N) is 1. The fraction of sp³-hybridized carbons (Fsp3) is 0.259. The van der Waals surface area contributed by atoms with E-state index >= 15 is 0 Å². The third-order valence-electron chi connectivity index (χ3n) is 5.97. The summed E-state index contributed by atoms with van der Waals surface area (Å²) in [5.74, 6) is -1.06. The molecular formula is C27H29ClN4O6S. The van der Waals surface area contributed by atoms with Gasteiger partial charge in [0.05, 0.1) is 15.5 Å². The zero-order chi connectivity index (χ0) is 28.6. The van der Waals surface area contributed by atoms with Gasteiger partial charge in [-0.25, -0.2) is 8.42 Å². The number of anilines is 1. The lowest BCUT2D eigenvalue weighted by molar-refractivity contribution is -0.384. The summed E-state index contributed by atoms with van der Waals surface area (Å²) in [7, 11) is -4.27. The maximum absolute atomic E-state index is 13.8. The standard InChI is InChI=1S/C27H29ClN4O6S/c1-3-17-29-27(34)20(2)30(18-21-9-7-8-12-25(21)28)26(33)19-31(22-13-15-23(16-14-22)32(35)36)39(37,38)24-10-5-4-6-11-24/h4-16,20H,3,17-19H2,1-2H3,(H,29,34)/t20-/m0/s1. The summed E-state index contributed by atoms with van der Waals surface area (Å²) >= 11 is 6.34. The van der Waals surface area contributed by atoms with Crippen LogP contribution in [-0.4, -0.2) is 49.2 Å². The van der Waals surface area contributed by atoms with Crippen LogP contribution in [0.25, 0.3) is 0 Å². The number of hydrogen-bond donors (Lipinski definition) is 1. The van der Waals surface area contributed by atoms with Crippen LogP contribution in [0.4, 0.5) is 11.4 Å². The molecule has 0 bridgehead atoms. The number of halogens is 1. The number of hydrogen-bond acceptors (Lipinski definition) is 6. The molecule has 12 heteroatoms. The van der Waals surface area contributed by atoms with Gasteiger partial charge in [0, 0.05) is 30.2 Å². The average Bonchev–Trinajstić information content (AvgIpc) is 2.94. The highest BCUT2D eigenvalue weighted by Gasteiger charge is 2.32. The summed E-state index contributed by atoms with van der Waals surface area (Å²) in [5.41, 5.74) is 0.401. The van der Waals surface area contributed by atoms with Crippen LogP contribution in [0.5, 0.6) is 0 Å². The molecule has 0 fully saturated rings. The number of amides is 2. The summed E-state index contributed by atoms with van der Waals surface area (Å²) in [6.07, 6.45) is 0.695. The van der Waals surface area contributed by atoms with Crippen molar-refractivity contribution in [2.45, 2.75) is 37.8 Å². The molecule has 2 amide bonds. The zero-order valence-corrected chi connectivity index (χ0v) is 23.1. The largest absolute Gasteiger partial charge is 0.354 e. The molecule has 0 radical (unpaired) electrons. The molecule has 0 aliphatic rings. The average molecular weight is 573 g/mol. The molecule has 0 heterocycles. The molecule has 0 unspecified atom stereocenters. The molecule has 0 aliphatic heterocycles. The van der Waals surface area contributed by atoms with E-state index in [0.29, 0.717) is 23.6 Å². The molecule has 3 aromatic rings. The monoisotopic (exact) mass is 572 g/mol. The highest BCUT2D eigenvalue weighted by Crippen LogP contribution is 2.27. The first-order valence-electron chi connectivity index (χ1n) is 12.2. The lowest BCUT2D eigenvalue weighted by Crippen LogP contribution is -2.51. The predicted octanol–water partition coefficient (Wildman–Crippen LogP) is 4.39. The number of rotatable bonds is 12. The fourth-order valence-corrected chi connectivity index (χ4v) is 5.41. The van der Waals surface area contributed by atoms with Crippen molar-refractivity contribution in [3.63, 3.8) is 0 Å². The number of benzene rings is 3. The third kappa shape index (κ3) is 7.33. The van der Waals surface area contributed by atoms with E-state index in [-0.39, 0.29) is 22.8 Å². The minimum Gasteiger partial charge on any atom is -0.354 e. The Hall–Kier alpha value is -3.96.